The topological polar surface area (TPSA) is 73.8 Å². The molecular formula is C15H14N4O2S2. The lowest BCUT2D eigenvalue weighted by atomic mass is 10.2. The van der Waals surface area contributed by atoms with Crippen molar-refractivity contribution >= 4 is 28.8 Å². The Kier molecular flexibility index (Phi) is 5.04. The van der Waals surface area contributed by atoms with E-state index in [4.69, 9.17) is 0 Å². The maximum absolute atomic E-state index is 10.7. The number of nitro groups is 1. The van der Waals surface area contributed by atoms with E-state index in [0.29, 0.717) is 5.75 Å². The fourth-order valence-corrected chi connectivity index (χ4v) is 3.65. The highest BCUT2D eigenvalue weighted by molar-refractivity contribution is 7.98. The average molecular weight is 346 g/mol. The van der Waals surface area contributed by atoms with Crippen LogP contribution in [0.25, 0.3) is 0 Å². The first-order valence-electron chi connectivity index (χ1n) is 6.99. The molecule has 0 aliphatic rings. The summed E-state index contributed by atoms with van der Waals surface area (Å²) in [6.07, 6.45) is 2.70. The molecule has 0 saturated heterocycles. The molecule has 0 fully saturated rings. The molecule has 0 atom stereocenters. The monoisotopic (exact) mass is 346 g/mol. The molecule has 0 spiro atoms. The highest BCUT2D eigenvalue weighted by Gasteiger charge is 2.08. The van der Waals surface area contributed by atoms with E-state index in [0.717, 1.165) is 23.7 Å². The molecule has 0 saturated carbocycles. The molecule has 0 N–H and O–H groups in total. The Hall–Kier alpha value is -2.19. The van der Waals surface area contributed by atoms with Crippen molar-refractivity contribution in [2.45, 2.75) is 23.9 Å². The number of thiophene rings is 1. The Morgan fingerprint density at radius 3 is 2.78 bits per heavy atom. The Morgan fingerprint density at radius 2 is 2.09 bits per heavy atom. The maximum Gasteiger partial charge on any atom is 0.269 e. The average Bonchev–Trinajstić information content (AvgIpc) is 3.22. The van der Waals surface area contributed by atoms with Crippen molar-refractivity contribution < 1.29 is 4.92 Å². The van der Waals surface area contributed by atoms with Crippen LogP contribution in [0.3, 0.4) is 0 Å². The Morgan fingerprint density at radius 1 is 1.26 bits per heavy atom. The van der Waals surface area contributed by atoms with Gasteiger partial charge in [-0.25, -0.2) is 0 Å². The fourth-order valence-electron chi connectivity index (χ4n) is 2.06. The second kappa shape index (κ2) is 7.38. The number of hydrogen-bond donors (Lipinski definition) is 0. The molecule has 1 aromatic carbocycles. The summed E-state index contributed by atoms with van der Waals surface area (Å²) in [7, 11) is 0. The van der Waals surface area contributed by atoms with Crippen molar-refractivity contribution in [3.05, 3.63) is 68.7 Å². The number of aromatic nitrogens is 3. The van der Waals surface area contributed by atoms with Gasteiger partial charge in [-0.05, 0) is 23.4 Å². The van der Waals surface area contributed by atoms with Crippen LogP contribution in [0, 0.1) is 10.1 Å². The predicted molar refractivity (Wildman–Crippen MR) is 90.7 cm³/mol. The van der Waals surface area contributed by atoms with Gasteiger partial charge in [0.25, 0.3) is 5.69 Å². The second-order valence-electron chi connectivity index (χ2n) is 4.85. The van der Waals surface area contributed by atoms with Crippen LogP contribution in [0.1, 0.15) is 10.4 Å². The molecule has 3 aromatic rings. The van der Waals surface area contributed by atoms with Crippen molar-refractivity contribution in [3.63, 3.8) is 0 Å². The van der Waals surface area contributed by atoms with Gasteiger partial charge in [-0.2, -0.15) is 0 Å². The normalized spacial score (nSPS) is 10.8. The van der Waals surface area contributed by atoms with E-state index in [-0.39, 0.29) is 5.69 Å². The molecule has 0 bridgehead atoms. The Bertz CT molecular complexity index is 769. The summed E-state index contributed by atoms with van der Waals surface area (Å²) in [6.45, 7) is 0.843. The third-order valence-corrected chi connectivity index (χ3v) is 5.26. The second-order valence-corrected chi connectivity index (χ2v) is 6.82. The van der Waals surface area contributed by atoms with Gasteiger partial charge in [0.1, 0.15) is 6.33 Å². The molecule has 3 rings (SSSR count). The number of benzene rings is 1. The van der Waals surface area contributed by atoms with E-state index in [1.165, 1.54) is 17.0 Å². The predicted octanol–water partition coefficient (Wildman–Crippen LogP) is 3.78. The molecule has 8 heteroatoms. The van der Waals surface area contributed by atoms with Crippen LogP contribution in [-0.4, -0.2) is 19.7 Å². The number of aryl methyl sites for hydroxylation is 2. The SMILES string of the molecule is O=[N+]([O-])c1ccc(CSc2nncn2CCc2cccs2)cc1. The molecule has 0 unspecified atom stereocenters. The number of nitrogens with zero attached hydrogens (tertiary/aromatic N) is 4. The number of rotatable bonds is 7. The highest BCUT2D eigenvalue weighted by Crippen LogP contribution is 2.22. The van der Waals surface area contributed by atoms with Crippen LogP contribution < -0.4 is 0 Å². The molecule has 23 heavy (non-hydrogen) atoms. The van der Waals surface area contributed by atoms with Gasteiger partial charge in [-0.15, -0.1) is 21.5 Å². The number of hydrogen-bond acceptors (Lipinski definition) is 6. The third-order valence-electron chi connectivity index (χ3n) is 3.27. The summed E-state index contributed by atoms with van der Waals surface area (Å²) in [5.41, 5.74) is 1.13. The number of nitro benzene ring substituents is 1. The summed E-state index contributed by atoms with van der Waals surface area (Å²) in [4.78, 5) is 11.6. The molecule has 6 nitrogen and oxygen atoms in total. The van der Waals surface area contributed by atoms with E-state index in [2.05, 4.69) is 27.7 Å². The first-order chi connectivity index (χ1) is 11.2. The third kappa shape index (κ3) is 4.17. The Balaban J connectivity index is 1.58. The molecule has 118 valence electrons. The molecule has 2 heterocycles. The minimum absolute atomic E-state index is 0.109. The molecule has 2 aromatic heterocycles. The van der Waals surface area contributed by atoms with Crippen LogP contribution in [0.15, 0.2) is 53.3 Å². The van der Waals surface area contributed by atoms with Gasteiger partial charge < -0.3 is 4.57 Å². The van der Waals surface area contributed by atoms with E-state index >= 15 is 0 Å². The van der Waals surface area contributed by atoms with Gasteiger partial charge in [-0.3, -0.25) is 10.1 Å². The van der Waals surface area contributed by atoms with E-state index < -0.39 is 4.92 Å². The van der Waals surface area contributed by atoms with Crippen LogP contribution in [0.5, 0.6) is 0 Å². The zero-order chi connectivity index (χ0) is 16.1. The lowest BCUT2D eigenvalue weighted by molar-refractivity contribution is -0.384. The maximum atomic E-state index is 10.7. The minimum Gasteiger partial charge on any atom is -0.308 e. The largest absolute Gasteiger partial charge is 0.308 e. The van der Waals surface area contributed by atoms with Gasteiger partial charge >= 0.3 is 0 Å². The summed E-state index contributed by atoms with van der Waals surface area (Å²) in [6, 6.07) is 10.8. The summed E-state index contributed by atoms with van der Waals surface area (Å²) in [5, 5.41) is 21.7. The van der Waals surface area contributed by atoms with Gasteiger partial charge in [0.15, 0.2) is 5.16 Å². The van der Waals surface area contributed by atoms with Crippen LogP contribution in [0.2, 0.25) is 0 Å². The van der Waals surface area contributed by atoms with E-state index in [1.807, 2.05) is 4.57 Å². The fraction of sp³-hybridized carbons (Fsp3) is 0.200. The lowest BCUT2D eigenvalue weighted by Gasteiger charge is -2.05. The number of non-ortho nitro benzene ring substituents is 1. The van der Waals surface area contributed by atoms with Crippen LogP contribution in [0.4, 0.5) is 5.69 Å². The van der Waals surface area contributed by atoms with Crippen molar-refractivity contribution in [2.24, 2.45) is 0 Å². The smallest absolute Gasteiger partial charge is 0.269 e. The van der Waals surface area contributed by atoms with Gasteiger partial charge in [0.2, 0.25) is 0 Å². The molecule has 0 aliphatic carbocycles. The molecule has 0 aliphatic heterocycles. The highest BCUT2D eigenvalue weighted by atomic mass is 32.2. The summed E-state index contributed by atoms with van der Waals surface area (Å²) in [5.74, 6) is 0.704. The van der Waals surface area contributed by atoms with Gasteiger partial charge in [0, 0.05) is 29.3 Å². The van der Waals surface area contributed by atoms with Gasteiger partial charge in [0.05, 0.1) is 4.92 Å². The summed E-state index contributed by atoms with van der Waals surface area (Å²) >= 11 is 3.33. The van der Waals surface area contributed by atoms with E-state index in [9.17, 15) is 10.1 Å². The zero-order valence-electron chi connectivity index (χ0n) is 12.2. The first-order valence-corrected chi connectivity index (χ1v) is 8.85. The van der Waals surface area contributed by atoms with Crippen LogP contribution in [-0.2, 0) is 18.7 Å². The van der Waals surface area contributed by atoms with Gasteiger partial charge in [-0.1, -0.05) is 30.0 Å². The minimum atomic E-state index is -0.391. The quantitative estimate of drug-likeness (QED) is 0.370. The first kappa shape index (κ1) is 15.7. The van der Waals surface area contributed by atoms with Crippen molar-refractivity contribution in [1.29, 1.82) is 0 Å². The van der Waals surface area contributed by atoms with E-state index in [1.54, 1.807) is 41.6 Å². The van der Waals surface area contributed by atoms with Crippen molar-refractivity contribution in [1.82, 2.24) is 14.8 Å². The lowest BCUT2D eigenvalue weighted by Crippen LogP contribution is -2.01. The van der Waals surface area contributed by atoms with Crippen molar-refractivity contribution in [3.8, 4) is 0 Å². The summed E-state index contributed by atoms with van der Waals surface area (Å²) < 4.78 is 2.04. The number of thioether (sulfide) groups is 1. The molecule has 0 radical (unpaired) electrons. The Labute approximate surface area is 141 Å². The zero-order valence-corrected chi connectivity index (χ0v) is 13.8. The van der Waals surface area contributed by atoms with Crippen LogP contribution >= 0.6 is 23.1 Å². The van der Waals surface area contributed by atoms with Crippen molar-refractivity contribution in [2.75, 3.05) is 0 Å². The molecule has 0 amide bonds. The standard InChI is InChI=1S/C15H14N4O2S2/c20-19(21)13-5-3-12(4-6-13)10-23-15-17-16-11-18(15)8-7-14-2-1-9-22-14/h1-6,9,11H,7-8,10H2. The molecular weight excluding hydrogens is 332 g/mol.